The first-order valence-electron chi connectivity index (χ1n) is 9.66. The Morgan fingerprint density at radius 2 is 2.07 bits per heavy atom. The summed E-state index contributed by atoms with van der Waals surface area (Å²) in [5, 5.41) is 5.53. The highest BCUT2D eigenvalue weighted by Crippen LogP contribution is 2.34. The zero-order chi connectivity index (χ0) is 19.8. The van der Waals surface area contributed by atoms with E-state index in [1.165, 1.54) is 22.4 Å². The highest BCUT2D eigenvalue weighted by molar-refractivity contribution is 7.18. The minimum Gasteiger partial charge on any atom is -0.305 e. The molecule has 1 N–H and O–H groups in total. The number of hydrogen-bond donors (Lipinski definition) is 1. The number of halogens is 1. The molecule has 0 saturated heterocycles. The van der Waals surface area contributed by atoms with E-state index in [-0.39, 0.29) is 5.56 Å². The van der Waals surface area contributed by atoms with Gasteiger partial charge >= 0.3 is 0 Å². The summed E-state index contributed by atoms with van der Waals surface area (Å²) in [6, 6.07) is 10.1. The van der Waals surface area contributed by atoms with Crippen LogP contribution in [0, 0.1) is 0 Å². The molecule has 0 radical (unpaired) electrons. The quantitative estimate of drug-likeness (QED) is 0.511. The van der Waals surface area contributed by atoms with Crippen molar-refractivity contribution in [1.29, 1.82) is 0 Å². The number of benzene rings is 1. The van der Waals surface area contributed by atoms with Gasteiger partial charge in [0, 0.05) is 16.6 Å². The average molecular weight is 423 g/mol. The molecule has 0 amide bonds. The molecule has 0 saturated carbocycles. The Morgan fingerprint density at radius 1 is 1.24 bits per heavy atom. The smallest absolute Gasteiger partial charge is 0.260 e. The largest absolute Gasteiger partial charge is 0.305 e. The van der Waals surface area contributed by atoms with Crippen LogP contribution in [0.5, 0.6) is 0 Å². The summed E-state index contributed by atoms with van der Waals surface area (Å²) in [7, 11) is 0. The number of aryl methyl sites for hydroxylation is 2. The number of H-pyrrole nitrogens is 1. The normalized spacial score (nSPS) is 14.3. The summed E-state index contributed by atoms with van der Waals surface area (Å²) in [5.41, 5.74) is 3.11. The van der Waals surface area contributed by atoms with Crippen LogP contribution in [0.15, 0.2) is 47.5 Å². The van der Waals surface area contributed by atoms with E-state index in [9.17, 15) is 4.79 Å². The molecule has 3 aromatic heterocycles. The van der Waals surface area contributed by atoms with Crippen LogP contribution in [-0.2, 0) is 19.4 Å². The lowest BCUT2D eigenvalue weighted by Gasteiger charge is -2.09. The van der Waals surface area contributed by atoms with Gasteiger partial charge in [0.2, 0.25) is 0 Å². The van der Waals surface area contributed by atoms with E-state index >= 15 is 0 Å². The van der Waals surface area contributed by atoms with E-state index < -0.39 is 0 Å². The molecule has 0 atom stereocenters. The van der Waals surface area contributed by atoms with Crippen LogP contribution in [0.25, 0.3) is 21.3 Å². The highest BCUT2D eigenvalue weighted by atomic mass is 35.5. The van der Waals surface area contributed by atoms with Crippen molar-refractivity contribution in [2.75, 3.05) is 0 Å². The monoisotopic (exact) mass is 422 g/mol. The van der Waals surface area contributed by atoms with E-state index in [1.807, 2.05) is 29.1 Å². The van der Waals surface area contributed by atoms with E-state index in [0.717, 1.165) is 35.0 Å². The maximum atomic E-state index is 12.7. The second kappa shape index (κ2) is 7.61. The number of aromatic nitrogens is 4. The molecule has 0 spiro atoms. The van der Waals surface area contributed by atoms with Gasteiger partial charge in [-0.05, 0) is 42.9 Å². The van der Waals surface area contributed by atoms with Gasteiger partial charge in [0.25, 0.3) is 5.56 Å². The third-order valence-electron chi connectivity index (χ3n) is 5.19. The molecule has 5 rings (SSSR count). The van der Waals surface area contributed by atoms with Crippen LogP contribution < -0.4 is 5.56 Å². The van der Waals surface area contributed by atoms with E-state index in [0.29, 0.717) is 17.4 Å². The molecule has 0 unspecified atom stereocenters. The average Bonchev–Trinajstić information content (AvgIpc) is 3.32. The molecule has 0 bridgehead atoms. The Hall–Kier alpha value is -2.70. The van der Waals surface area contributed by atoms with Crippen molar-refractivity contribution < 1.29 is 0 Å². The zero-order valence-electron chi connectivity index (χ0n) is 15.7. The molecular weight excluding hydrogens is 404 g/mol. The number of nitrogens with zero attached hydrogens (tertiary/aromatic N) is 3. The molecular formula is C22H19ClN4OS. The second-order valence-electron chi connectivity index (χ2n) is 7.25. The lowest BCUT2D eigenvalue weighted by molar-refractivity contribution is 0.687. The Labute approximate surface area is 176 Å². The topological polar surface area (TPSA) is 63.6 Å². The highest BCUT2D eigenvalue weighted by Gasteiger charge is 2.20. The van der Waals surface area contributed by atoms with Crippen molar-refractivity contribution in [1.82, 2.24) is 19.7 Å². The first-order valence-corrected chi connectivity index (χ1v) is 10.9. The van der Waals surface area contributed by atoms with Gasteiger partial charge in [-0.1, -0.05) is 41.9 Å². The van der Waals surface area contributed by atoms with E-state index in [4.69, 9.17) is 11.6 Å². The number of rotatable bonds is 4. The molecule has 5 nitrogen and oxygen atoms in total. The number of nitrogens with one attached hydrogen (secondary N) is 1. The first-order chi connectivity index (χ1) is 14.2. The van der Waals surface area contributed by atoms with Crippen LogP contribution in [0.1, 0.15) is 40.2 Å². The van der Waals surface area contributed by atoms with Gasteiger partial charge in [-0.3, -0.25) is 9.48 Å². The zero-order valence-corrected chi connectivity index (χ0v) is 17.3. The lowest BCUT2D eigenvalue weighted by atomic mass is 9.97. The van der Waals surface area contributed by atoms with Gasteiger partial charge in [0.05, 0.1) is 23.2 Å². The number of aromatic amines is 1. The van der Waals surface area contributed by atoms with Crippen molar-refractivity contribution >= 4 is 44.3 Å². The number of thiophene rings is 1. The standard InChI is InChI=1S/C22H19ClN4OS/c23-17(10-15-11-24-27(13-15)12-14-6-2-1-3-7-14)20-25-21(28)19-16-8-4-5-9-18(16)29-22(19)26-20/h1-3,6-7,10-11,13H,4-5,8-9,12H2,(H,25,26,28)/b17-10-. The fourth-order valence-electron chi connectivity index (χ4n) is 3.80. The summed E-state index contributed by atoms with van der Waals surface area (Å²) >= 11 is 8.13. The molecule has 0 fully saturated rings. The molecule has 1 aromatic carbocycles. The predicted molar refractivity (Wildman–Crippen MR) is 118 cm³/mol. The van der Waals surface area contributed by atoms with Crippen LogP contribution >= 0.6 is 22.9 Å². The Kier molecular flexibility index (Phi) is 4.81. The molecule has 29 heavy (non-hydrogen) atoms. The Bertz CT molecular complexity index is 1270. The maximum absolute atomic E-state index is 12.7. The van der Waals surface area contributed by atoms with Crippen molar-refractivity contribution in [3.05, 3.63) is 80.5 Å². The van der Waals surface area contributed by atoms with Crippen molar-refractivity contribution in [3.63, 3.8) is 0 Å². The van der Waals surface area contributed by atoms with Gasteiger partial charge in [-0.25, -0.2) is 4.98 Å². The number of hydrogen-bond acceptors (Lipinski definition) is 4. The van der Waals surface area contributed by atoms with E-state index in [2.05, 4.69) is 27.2 Å². The minimum atomic E-state index is -0.101. The van der Waals surface area contributed by atoms with Crippen molar-refractivity contribution in [3.8, 4) is 0 Å². The minimum absolute atomic E-state index is 0.101. The third kappa shape index (κ3) is 3.66. The van der Waals surface area contributed by atoms with Gasteiger partial charge < -0.3 is 4.98 Å². The Morgan fingerprint density at radius 3 is 2.93 bits per heavy atom. The van der Waals surface area contributed by atoms with E-state index in [1.54, 1.807) is 23.6 Å². The summed E-state index contributed by atoms with van der Waals surface area (Å²) in [5.74, 6) is 0.401. The molecule has 4 aromatic rings. The van der Waals surface area contributed by atoms with Gasteiger partial charge in [-0.15, -0.1) is 11.3 Å². The van der Waals surface area contributed by atoms with Crippen LogP contribution in [-0.4, -0.2) is 19.7 Å². The van der Waals surface area contributed by atoms with Crippen LogP contribution in [0.2, 0.25) is 0 Å². The molecule has 1 aliphatic carbocycles. The molecule has 0 aliphatic heterocycles. The van der Waals surface area contributed by atoms with Crippen LogP contribution in [0.4, 0.5) is 0 Å². The van der Waals surface area contributed by atoms with Crippen molar-refractivity contribution in [2.24, 2.45) is 0 Å². The van der Waals surface area contributed by atoms with Gasteiger partial charge in [-0.2, -0.15) is 5.10 Å². The lowest BCUT2D eigenvalue weighted by Crippen LogP contribution is -2.12. The fraction of sp³-hybridized carbons (Fsp3) is 0.227. The summed E-state index contributed by atoms with van der Waals surface area (Å²) in [6.45, 7) is 0.689. The van der Waals surface area contributed by atoms with Gasteiger partial charge in [0.15, 0.2) is 5.82 Å². The fourth-order valence-corrected chi connectivity index (χ4v) is 5.28. The molecule has 7 heteroatoms. The van der Waals surface area contributed by atoms with Crippen LogP contribution in [0.3, 0.4) is 0 Å². The van der Waals surface area contributed by atoms with Crippen molar-refractivity contribution in [2.45, 2.75) is 32.2 Å². The SMILES string of the molecule is O=c1[nH]c(/C(Cl)=C/c2cnn(Cc3ccccc3)c2)nc2sc3c(c12)CCCC3. The third-order valence-corrected chi connectivity index (χ3v) is 6.66. The number of fused-ring (bicyclic) bond motifs is 3. The maximum Gasteiger partial charge on any atom is 0.260 e. The Balaban J connectivity index is 1.44. The van der Waals surface area contributed by atoms with Gasteiger partial charge in [0.1, 0.15) is 4.83 Å². The summed E-state index contributed by atoms with van der Waals surface area (Å²) < 4.78 is 1.86. The molecule has 3 heterocycles. The second-order valence-corrected chi connectivity index (χ2v) is 8.75. The molecule has 1 aliphatic rings. The predicted octanol–water partition coefficient (Wildman–Crippen LogP) is 4.85. The molecule has 146 valence electrons. The summed E-state index contributed by atoms with van der Waals surface area (Å²) in [4.78, 5) is 22.3. The first kappa shape index (κ1) is 18.3. The summed E-state index contributed by atoms with van der Waals surface area (Å²) in [6.07, 6.45) is 9.78.